The Morgan fingerprint density at radius 2 is 1.71 bits per heavy atom. The molecule has 2 aromatic carbocycles. The van der Waals surface area contributed by atoms with Gasteiger partial charge in [-0.2, -0.15) is 0 Å². The van der Waals surface area contributed by atoms with Crippen LogP contribution in [0.2, 0.25) is 25.7 Å². The van der Waals surface area contributed by atoms with Crippen molar-refractivity contribution in [1.29, 1.82) is 0 Å². The Morgan fingerprint density at radius 1 is 0.968 bits per heavy atom. The van der Waals surface area contributed by atoms with E-state index in [2.05, 4.69) is 36.3 Å². The third-order valence-electron chi connectivity index (χ3n) is 5.40. The van der Waals surface area contributed by atoms with Crippen LogP contribution < -0.4 is 0 Å². The highest BCUT2D eigenvalue weighted by Gasteiger charge is 2.20. The van der Waals surface area contributed by atoms with Gasteiger partial charge in [-0.15, -0.1) is 0 Å². The van der Waals surface area contributed by atoms with Crippen LogP contribution in [0.5, 0.6) is 0 Å². The van der Waals surface area contributed by atoms with Crippen molar-refractivity contribution in [2.75, 3.05) is 6.61 Å². The number of aromatic nitrogens is 2. The summed E-state index contributed by atoms with van der Waals surface area (Å²) >= 11 is 0. The Labute approximate surface area is 187 Å². The second kappa shape index (κ2) is 10.5. The first-order valence-corrected chi connectivity index (χ1v) is 14.8. The van der Waals surface area contributed by atoms with Crippen LogP contribution in [-0.4, -0.2) is 29.3 Å². The van der Waals surface area contributed by atoms with Gasteiger partial charge >= 0.3 is 0 Å². The highest BCUT2D eigenvalue weighted by molar-refractivity contribution is 6.76. The molecule has 1 atom stereocenters. The van der Waals surface area contributed by atoms with E-state index < -0.39 is 14.2 Å². The highest BCUT2D eigenvalue weighted by Crippen LogP contribution is 2.29. The summed E-state index contributed by atoms with van der Waals surface area (Å²) in [7, 11) is -1.15. The number of para-hydroxylation sites is 1. The van der Waals surface area contributed by atoms with E-state index in [0.29, 0.717) is 19.9 Å². The number of ether oxygens (including phenoxy) is 2. The Kier molecular flexibility index (Phi) is 8.05. The molecule has 1 heterocycles. The maximum atomic E-state index is 10.7. The first-order valence-electron chi connectivity index (χ1n) is 11.1. The van der Waals surface area contributed by atoms with Crippen molar-refractivity contribution in [3.8, 4) is 0 Å². The summed E-state index contributed by atoms with van der Waals surface area (Å²) in [6.45, 7) is 13.2. The lowest BCUT2D eigenvalue weighted by molar-refractivity contribution is 0.0695. The normalized spacial score (nSPS) is 13.3. The Bertz CT molecular complexity index is 964. The molecule has 5 nitrogen and oxygen atoms in total. The van der Waals surface area contributed by atoms with Gasteiger partial charge in [0.05, 0.1) is 23.7 Å². The van der Waals surface area contributed by atoms with E-state index in [-0.39, 0.29) is 5.92 Å². The molecule has 1 unspecified atom stereocenters. The molecule has 3 rings (SSSR count). The third kappa shape index (κ3) is 6.49. The van der Waals surface area contributed by atoms with Crippen molar-refractivity contribution in [3.63, 3.8) is 0 Å². The van der Waals surface area contributed by atoms with Gasteiger partial charge in [-0.05, 0) is 23.6 Å². The van der Waals surface area contributed by atoms with E-state index in [1.54, 1.807) is 0 Å². The average molecular weight is 441 g/mol. The molecule has 0 aliphatic heterocycles. The van der Waals surface area contributed by atoms with Crippen LogP contribution >= 0.6 is 0 Å². The summed E-state index contributed by atoms with van der Waals surface area (Å²) in [5.41, 5.74) is 3.80. The maximum absolute atomic E-state index is 10.7. The second-order valence-corrected chi connectivity index (χ2v) is 15.3. The number of hydrogen-bond donors (Lipinski definition) is 1. The van der Waals surface area contributed by atoms with Crippen molar-refractivity contribution >= 4 is 19.1 Å². The van der Waals surface area contributed by atoms with Crippen molar-refractivity contribution in [1.82, 2.24) is 9.55 Å². The molecule has 0 aliphatic carbocycles. The number of aliphatic hydroxyl groups excluding tert-OH is 1. The second-order valence-electron chi connectivity index (χ2n) is 9.69. The van der Waals surface area contributed by atoms with Crippen LogP contribution in [0.1, 0.15) is 36.9 Å². The first kappa shape index (κ1) is 23.7. The molecule has 31 heavy (non-hydrogen) atoms. The monoisotopic (exact) mass is 440 g/mol. The predicted molar refractivity (Wildman–Crippen MR) is 129 cm³/mol. The first-order chi connectivity index (χ1) is 14.8. The number of fused-ring (bicyclic) bond motifs is 1. The molecule has 0 amide bonds. The maximum Gasteiger partial charge on any atom is 0.137 e. The quantitative estimate of drug-likeness (QED) is 0.304. The molecule has 1 N–H and O–H groups in total. The molecule has 168 valence electrons. The minimum atomic E-state index is -1.15. The lowest BCUT2D eigenvalue weighted by atomic mass is 9.98. The molecular formula is C25H36N2O3Si. The molecule has 0 radical (unpaired) electrons. The van der Waals surface area contributed by atoms with E-state index in [1.807, 2.05) is 50.2 Å². The predicted octanol–water partition coefficient (Wildman–Crippen LogP) is 5.75. The molecule has 6 heteroatoms. The van der Waals surface area contributed by atoms with Crippen molar-refractivity contribution in [2.24, 2.45) is 5.92 Å². The minimum Gasteiger partial charge on any atom is -0.388 e. The summed E-state index contributed by atoms with van der Waals surface area (Å²) in [6, 6.07) is 17.3. The van der Waals surface area contributed by atoms with E-state index in [1.165, 1.54) is 0 Å². The number of rotatable bonds is 11. The molecule has 0 fully saturated rings. The van der Waals surface area contributed by atoms with Crippen molar-refractivity contribution < 1.29 is 14.6 Å². The zero-order valence-electron chi connectivity index (χ0n) is 19.5. The highest BCUT2D eigenvalue weighted by atomic mass is 28.3. The number of imidazole rings is 1. The fourth-order valence-electron chi connectivity index (χ4n) is 3.44. The van der Waals surface area contributed by atoms with E-state index in [4.69, 9.17) is 14.5 Å². The van der Waals surface area contributed by atoms with Crippen molar-refractivity contribution in [2.45, 2.75) is 65.6 Å². The molecule has 1 aromatic heterocycles. The van der Waals surface area contributed by atoms with E-state index in [9.17, 15) is 5.11 Å². The molecule has 0 saturated carbocycles. The molecule has 0 spiro atoms. The largest absolute Gasteiger partial charge is 0.388 e. The van der Waals surface area contributed by atoms with Gasteiger partial charge in [0, 0.05) is 20.2 Å². The molecule has 3 aromatic rings. The van der Waals surface area contributed by atoms with Gasteiger partial charge in [-0.25, -0.2) is 4.98 Å². The SMILES string of the molecule is CC(C)C(O)c1cccc2c1nc(COCc1ccccc1)n2COCC[Si](C)(C)C. The van der Waals surface area contributed by atoms with E-state index in [0.717, 1.165) is 40.6 Å². The molecule has 0 bridgehead atoms. The molecule has 0 aliphatic rings. The van der Waals surface area contributed by atoms with Gasteiger partial charge in [0.1, 0.15) is 19.2 Å². The van der Waals surface area contributed by atoms with Gasteiger partial charge < -0.3 is 19.1 Å². The molecular weight excluding hydrogens is 404 g/mol. The lowest BCUT2D eigenvalue weighted by Gasteiger charge is -2.17. The molecule has 0 saturated heterocycles. The van der Waals surface area contributed by atoms with Crippen LogP contribution in [-0.2, 0) is 29.4 Å². The van der Waals surface area contributed by atoms with Gasteiger partial charge in [-0.1, -0.05) is 76.0 Å². The third-order valence-corrected chi connectivity index (χ3v) is 7.10. The number of nitrogens with zero attached hydrogens (tertiary/aromatic N) is 2. The van der Waals surface area contributed by atoms with Crippen LogP contribution in [0.4, 0.5) is 0 Å². The van der Waals surface area contributed by atoms with E-state index >= 15 is 0 Å². The Balaban J connectivity index is 1.83. The fourth-order valence-corrected chi connectivity index (χ4v) is 4.19. The number of hydrogen-bond acceptors (Lipinski definition) is 4. The lowest BCUT2D eigenvalue weighted by Crippen LogP contribution is -2.22. The van der Waals surface area contributed by atoms with Gasteiger partial charge in [0.25, 0.3) is 0 Å². The summed E-state index contributed by atoms with van der Waals surface area (Å²) in [5.74, 6) is 0.934. The summed E-state index contributed by atoms with van der Waals surface area (Å²) < 4.78 is 14.1. The topological polar surface area (TPSA) is 56.5 Å². The van der Waals surface area contributed by atoms with Crippen molar-refractivity contribution in [3.05, 3.63) is 65.5 Å². The Hall–Kier alpha value is -1.99. The number of aliphatic hydroxyl groups is 1. The van der Waals surface area contributed by atoms with Crippen LogP contribution in [0, 0.1) is 5.92 Å². The zero-order chi connectivity index (χ0) is 22.4. The summed E-state index contributed by atoms with van der Waals surface area (Å²) in [4.78, 5) is 4.88. The van der Waals surface area contributed by atoms with Gasteiger partial charge in [0.2, 0.25) is 0 Å². The van der Waals surface area contributed by atoms with Crippen LogP contribution in [0.25, 0.3) is 11.0 Å². The van der Waals surface area contributed by atoms with Gasteiger partial charge in [0.15, 0.2) is 0 Å². The van der Waals surface area contributed by atoms with Crippen LogP contribution in [0.3, 0.4) is 0 Å². The average Bonchev–Trinajstić information content (AvgIpc) is 3.08. The minimum absolute atomic E-state index is 0.113. The zero-order valence-corrected chi connectivity index (χ0v) is 20.5. The summed E-state index contributed by atoms with van der Waals surface area (Å²) in [6.07, 6.45) is -0.557. The van der Waals surface area contributed by atoms with Gasteiger partial charge in [-0.3, -0.25) is 0 Å². The number of benzene rings is 2. The Morgan fingerprint density at radius 3 is 2.39 bits per heavy atom. The summed E-state index contributed by atoms with van der Waals surface area (Å²) in [5, 5.41) is 10.7. The smallest absolute Gasteiger partial charge is 0.137 e. The standard InChI is InChI=1S/C25H36N2O3Si/c1-19(2)25(28)21-12-9-13-22-24(21)26-23(17-30-16-20-10-7-6-8-11-20)27(22)18-29-14-15-31(3,4)5/h6-13,19,25,28H,14-18H2,1-5H3. The van der Waals surface area contributed by atoms with Crippen LogP contribution in [0.15, 0.2) is 48.5 Å². The fraction of sp³-hybridized carbons (Fsp3) is 0.480.